The summed E-state index contributed by atoms with van der Waals surface area (Å²) in [7, 11) is 1.57. The van der Waals surface area contributed by atoms with E-state index in [-0.39, 0.29) is 0 Å². The minimum absolute atomic E-state index is 0.478. The van der Waals surface area contributed by atoms with Gasteiger partial charge in [0.15, 0.2) is 11.5 Å². The molecule has 0 aliphatic heterocycles. The first-order valence-corrected chi connectivity index (χ1v) is 6.55. The van der Waals surface area contributed by atoms with Gasteiger partial charge in [0, 0.05) is 6.07 Å². The molecule has 0 fully saturated rings. The van der Waals surface area contributed by atoms with Gasteiger partial charge in [-0.3, -0.25) is 0 Å². The van der Waals surface area contributed by atoms with E-state index in [1.807, 2.05) is 0 Å². The van der Waals surface area contributed by atoms with Crippen LogP contribution in [-0.2, 0) is 13.0 Å². The first-order valence-electron chi connectivity index (χ1n) is 6.55. The quantitative estimate of drug-likeness (QED) is 0.829. The fourth-order valence-corrected chi connectivity index (χ4v) is 1.89. The second kappa shape index (κ2) is 6.63. The van der Waals surface area contributed by atoms with Crippen molar-refractivity contribution in [1.82, 2.24) is 0 Å². The molecule has 0 heterocycles. The van der Waals surface area contributed by atoms with Gasteiger partial charge >= 0.3 is 0 Å². The van der Waals surface area contributed by atoms with E-state index in [1.54, 1.807) is 25.3 Å². The van der Waals surface area contributed by atoms with Gasteiger partial charge in [-0.05, 0) is 29.7 Å². The topological polar surface area (TPSA) is 42.2 Å². The minimum atomic E-state index is 0.478. The number of benzene rings is 2. The van der Waals surface area contributed by atoms with Crippen LogP contribution in [0.1, 0.15) is 23.6 Å². The molecule has 0 radical (unpaired) electrons. The van der Waals surface area contributed by atoms with Crippen LogP contribution in [0.3, 0.4) is 0 Å². The number of nitrogens with zero attached hydrogens (tertiary/aromatic N) is 1. The molecule has 2 aromatic carbocycles. The molecule has 0 aromatic heterocycles. The highest BCUT2D eigenvalue weighted by Crippen LogP contribution is 2.28. The van der Waals surface area contributed by atoms with Crippen LogP contribution in [0.2, 0.25) is 0 Å². The van der Waals surface area contributed by atoms with E-state index in [0.29, 0.717) is 23.7 Å². The van der Waals surface area contributed by atoms with Gasteiger partial charge in [0.1, 0.15) is 6.61 Å². The molecule has 0 N–H and O–H groups in total. The van der Waals surface area contributed by atoms with Crippen molar-refractivity contribution in [3.8, 4) is 17.6 Å². The highest BCUT2D eigenvalue weighted by atomic mass is 16.5. The fourth-order valence-electron chi connectivity index (χ4n) is 1.89. The van der Waals surface area contributed by atoms with Crippen molar-refractivity contribution in [2.75, 3.05) is 7.11 Å². The molecule has 0 amide bonds. The first kappa shape index (κ1) is 14.0. The summed E-state index contributed by atoms with van der Waals surface area (Å²) >= 11 is 0. The molecule has 0 bridgehead atoms. The molecular formula is C17H17NO2. The molecule has 2 rings (SSSR count). The van der Waals surface area contributed by atoms with Crippen LogP contribution in [0.25, 0.3) is 0 Å². The molecule has 3 nitrogen and oxygen atoms in total. The maximum Gasteiger partial charge on any atom is 0.162 e. The molecule has 0 saturated heterocycles. The van der Waals surface area contributed by atoms with Crippen molar-refractivity contribution in [2.45, 2.75) is 20.0 Å². The molecule has 3 heteroatoms. The third-order valence-electron chi connectivity index (χ3n) is 3.12. The molecule has 0 saturated carbocycles. The van der Waals surface area contributed by atoms with Crippen LogP contribution in [0.15, 0.2) is 42.5 Å². The van der Waals surface area contributed by atoms with Crippen molar-refractivity contribution in [3.05, 3.63) is 59.2 Å². The molecule has 2 aromatic rings. The SMILES string of the molecule is CCc1ccc(COc2ccc(C#N)cc2OC)cc1. The van der Waals surface area contributed by atoms with Gasteiger partial charge in [-0.2, -0.15) is 5.26 Å². The van der Waals surface area contributed by atoms with E-state index >= 15 is 0 Å². The van der Waals surface area contributed by atoms with Crippen LogP contribution >= 0.6 is 0 Å². The molecule has 0 aliphatic carbocycles. The van der Waals surface area contributed by atoms with Crippen LogP contribution in [0, 0.1) is 11.3 Å². The van der Waals surface area contributed by atoms with Crippen molar-refractivity contribution < 1.29 is 9.47 Å². The Morgan fingerprint density at radius 3 is 2.30 bits per heavy atom. The number of aryl methyl sites for hydroxylation is 1. The average Bonchev–Trinajstić information content (AvgIpc) is 2.53. The predicted molar refractivity (Wildman–Crippen MR) is 77.9 cm³/mol. The van der Waals surface area contributed by atoms with E-state index in [2.05, 4.69) is 37.3 Å². The zero-order chi connectivity index (χ0) is 14.4. The summed E-state index contributed by atoms with van der Waals surface area (Å²) in [5.41, 5.74) is 2.97. The largest absolute Gasteiger partial charge is 0.493 e. The molecule has 0 aliphatic rings. The van der Waals surface area contributed by atoms with E-state index in [1.165, 1.54) is 5.56 Å². The monoisotopic (exact) mass is 267 g/mol. The Balaban J connectivity index is 2.08. The van der Waals surface area contributed by atoms with Crippen LogP contribution in [-0.4, -0.2) is 7.11 Å². The van der Waals surface area contributed by atoms with E-state index in [0.717, 1.165) is 12.0 Å². The summed E-state index contributed by atoms with van der Waals surface area (Å²) in [6.07, 6.45) is 1.03. The highest BCUT2D eigenvalue weighted by Gasteiger charge is 2.06. The third kappa shape index (κ3) is 3.30. The number of methoxy groups -OCH3 is 1. The maximum atomic E-state index is 8.86. The lowest BCUT2D eigenvalue weighted by Gasteiger charge is -2.11. The fraction of sp³-hybridized carbons (Fsp3) is 0.235. The Bertz CT molecular complexity index is 612. The number of nitriles is 1. The van der Waals surface area contributed by atoms with Gasteiger partial charge < -0.3 is 9.47 Å². The predicted octanol–water partition coefficient (Wildman–Crippen LogP) is 3.71. The number of hydrogen-bond donors (Lipinski definition) is 0. The van der Waals surface area contributed by atoms with E-state index in [9.17, 15) is 0 Å². The Kier molecular flexibility index (Phi) is 4.62. The summed E-state index contributed by atoms with van der Waals surface area (Å²) < 4.78 is 11.0. The van der Waals surface area contributed by atoms with Gasteiger partial charge in [0.2, 0.25) is 0 Å². The second-order valence-corrected chi connectivity index (χ2v) is 4.44. The summed E-state index contributed by atoms with van der Waals surface area (Å²) in [6.45, 7) is 2.61. The van der Waals surface area contributed by atoms with Crippen molar-refractivity contribution in [3.63, 3.8) is 0 Å². The van der Waals surface area contributed by atoms with Crippen LogP contribution in [0.5, 0.6) is 11.5 Å². The zero-order valence-electron chi connectivity index (χ0n) is 11.7. The van der Waals surface area contributed by atoms with Crippen LogP contribution in [0.4, 0.5) is 0 Å². The Morgan fingerprint density at radius 2 is 1.70 bits per heavy atom. The maximum absolute atomic E-state index is 8.86. The normalized spacial score (nSPS) is 9.85. The summed E-state index contributed by atoms with van der Waals surface area (Å²) in [5.74, 6) is 1.22. The minimum Gasteiger partial charge on any atom is -0.493 e. The number of rotatable bonds is 5. The lowest BCUT2D eigenvalue weighted by molar-refractivity contribution is 0.284. The van der Waals surface area contributed by atoms with E-state index < -0.39 is 0 Å². The molecule has 0 atom stereocenters. The Morgan fingerprint density at radius 1 is 1.00 bits per heavy atom. The Hall–Kier alpha value is -2.47. The summed E-state index contributed by atoms with van der Waals surface area (Å²) in [5, 5.41) is 8.86. The smallest absolute Gasteiger partial charge is 0.162 e. The molecule has 102 valence electrons. The summed E-state index contributed by atoms with van der Waals surface area (Å²) in [4.78, 5) is 0. The van der Waals surface area contributed by atoms with Gasteiger partial charge in [-0.25, -0.2) is 0 Å². The molecule has 20 heavy (non-hydrogen) atoms. The molecule has 0 unspecified atom stereocenters. The molecule has 0 spiro atoms. The lowest BCUT2D eigenvalue weighted by atomic mass is 10.1. The van der Waals surface area contributed by atoms with Gasteiger partial charge in [0.05, 0.1) is 18.7 Å². The third-order valence-corrected chi connectivity index (χ3v) is 3.12. The molecular weight excluding hydrogens is 250 g/mol. The van der Waals surface area contributed by atoms with Crippen molar-refractivity contribution in [1.29, 1.82) is 5.26 Å². The average molecular weight is 267 g/mol. The zero-order valence-corrected chi connectivity index (χ0v) is 11.7. The van der Waals surface area contributed by atoms with E-state index in [4.69, 9.17) is 14.7 Å². The van der Waals surface area contributed by atoms with Gasteiger partial charge in [0.25, 0.3) is 0 Å². The number of ether oxygens (including phenoxy) is 2. The van der Waals surface area contributed by atoms with Gasteiger partial charge in [-0.1, -0.05) is 31.2 Å². The first-order chi connectivity index (χ1) is 9.76. The number of hydrogen-bond acceptors (Lipinski definition) is 3. The van der Waals surface area contributed by atoms with Crippen molar-refractivity contribution in [2.24, 2.45) is 0 Å². The van der Waals surface area contributed by atoms with Gasteiger partial charge in [-0.15, -0.1) is 0 Å². The van der Waals surface area contributed by atoms with Crippen molar-refractivity contribution >= 4 is 0 Å². The van der Waals surface area contributed by atoms with Crippen LogP contribution < -0.4 is 9.47 Å². The summed E-state index contributed by atoms with van der Waals surface area (Å²) in [6, 6.07) is 15.6. The Labute approximate surface area is 119 Å². The second-order valence-electron chi connectivity index (χ2n) is 4.44. The highest BCUT2D eigenvalue weighted by molar-refractivity contribution is 5.46. The standard InChI is InChI=1S/C17H17NO2/c1-3-13-4-6-14(7-5-13)12-20-16-9-8-15(11-18)10-17(16)19-2/h4-10H,3,12H2,1-2H3. The lowest BCUT2D eigenvalue weighted by Crippen LogP contribution is -1.98.